The maximum Gasteiger partial charge on any atom is 0.264 e. The molecule has 1 aliphatic rings. The van der Waals surface area contributed by atoms with Crippen molar-refractivity contribution >= 4 is 39.1 Å². The van der Waals surface area contributed by atoms with E-state index in [1.807, 2.05) is 25.1 Å². The quantitative estimate of drug-likeness (QED) is 0.290. The second kappa shape index (κ2) is 14.0. The van der Waals surface area contributed by atoms with Crippen LogP contribution in [0.2, 0.25) is 5.02 Å². The van der Waals surface area contributed by atoms with E-state index < -0.39 is 28.5 Å². The van der Waals surface area contributed by atoms with E-state index in [4.69, 9.17) is 11.6 Å². The van der Waals surface area contributed by atoms with Crippen molar-refractivity contribution in [3.05, 3.63) is 95.0 Å². The maximum absolute atomic E-state index is 14.2. The van der Waals surface area contributed by atoms with Crippen molar-refractivity contribution in [1.29, 1.82) is 0 Å². The molecular formula is C32H38ClN3O4S. The van der Waals surface area contributed by atoms with Gasteiger partial charge in [-0.15, -0.1) is 0 Å². The molecule has 218 valence electrons. The number of benzene rings is 3. The summed E-state index contributed by atoms with van der Waals surface area (Å²) in [4.78, 5) is 29.4. The summed E-state index contributed by atoms with van der Waals surface area (Å²) in [6.45, 7) is 3.26. The van der Waals surface area contributed by atoms with Crippen LogP contribution >= 0.6 is 11.6 Å². The van der Waals surface area contributed by atoms with Gasteiger partial charge in [-0.1, -0.05) is 92.4 Å². The summed E-state index contributed by atoms with van der Waals surface area (Å²) in [5.41, 5.74) is 1.79. The molecular weight excluding hydrogens is 558 g/mol. The maximum atomic E-state index is 14.2. The molecule has 0 aliphatic heterocycles. The van der Waals surface area contributed by atoms with Crippen LogP contribution in [0.25, 0.3) is 0 Å². The van der Waals surface area contributed by atoms with E-state index in [0.717, 1.165) is 36.4 Å². The number of halogens is 1. The van der Waals surface area contributed by atoms with Gasteiger partial charge < -0.3 is 10.2 Å². The Balaban J connectivity index is 1.71. The number of hydrogen-bond donors (Lipinski definition) is 1. The molecule has 2 amide bonds. The highest BCUT2D eigenvalue weighted by Gasteiger charge is 2.35. The van der Waals surface area contributed by atoms with Gasteiger partial charge in [-0.05, 0) is 61.6 Å². The van der Waals surface area contributed by atoms with Crippen molar-refractivity contribution in [2.24, 2.45) is 0 Å². The first-order valence-corrected chi connectivity index (χ1v) is 16.0. The molecule has 1 fully saturated rings. The lowest BCUT2D eigenvalue weighted by atomic mass is 9.95. The summed E-state index contributed by atoms with van der Waals surface area (Å²) < 4.78 is 29.0. The Hall–Kier alpha value is -3.36. The van der Waals surface area contributed by atoms with Crippen molar-refractivity contribution in [1.82, 2.24) is 10.2 Å². The fourth-order valence-electron chi connectivity index (χ4n) is 5.35. The minimum atomic E-state index is -4.10. The van der Waals surface area contributed by atoms with E-state index in [0.29, 0.717) is 28.3 Å². The molecule has 1 unspecified atom stereocenters. The highest BCUT2D eigenvalue weighted by atomic mass is 35.5. The minimum absolute atomic E-state index is 0.0715. The van der Waals surface area contributed by atoms with Crippen LogP contribution in [0.4, 0.5) is 5.69 Å². The smallest absolute Gasteiger partial charge is 0.264 e. The first-order valence-electron chi connectivity index (χ1n) is 14.2. The lowest BCUT2D eigenvalue weighted by molar-refractivity contribution is -0.140. The SMILES string of the molecule is CCC(C(=O)NC1CCCCC1)N(Cc1ccccc1Cl)C(=O)CN(c1ccccc1C)S(=O)(=O)c1ccccc1. The number of carbonyl (C=O) groups is 2. The molecule has 9 heteroatoms. The van der Waals surface area contributed by atoms with Crippen LogP contribution in [-0.4, -0.2) is 43.8 Å². The molecule has 1 aliphatic carbocycles. The van der Waals surface area contributed by atoms with Crippen molar-refractivity contribution in [3.63, 3.8) is 0 Å². The second-order valence-corrected chi connectivity index (χ2v) is 12.8. The third-order valence-electron chi connectivity index (χ3n) is 7.63. The number of sulfonamides is 1. The zero-order valence-corrected chi connectivity index (χ0v) is 25.2. The number of amides is 2. The number of hydrogen-bond acceptors (Lipinski definition) is 4. The molecule has 3 aromatic carbocycles. The molecule has 0 radical (unpaired) electrons. The van der Waals surface area contributed by atoms with Crippen molar-refractivity contribution in [2.75, 3.05) is 10.8 Å². The fourth-order valence-corrected chi connectivity index (χ4v) is 7.05. The standard InChI is InChI=1S/C32H38ClN3O4S/c1-3-29(32(38)34-26-16-6-4-7-17-26)35(22-25-15-11-12-20-28(25)33)31(37)23-36(30-21-13-10-14-24(30)2)41(39,40)27-18-8-5-9-19-27/h5,8-15,18-21,26,29H,3-4,6-7,16-17,22-23H2,1-2H3,(H,34,38). The molecule has 3 aromatic rings. The van der Waals surface area contributed by atoms with Crippen LogP contribution in [0.3, 0.4) is 0 Å². The molecule has 1 atom stereocenters. The van der Waals surface area contributed by atoms with E-state index in [2.05, 4.69) is 5.32 Å². The molecule has 0 spiro atoms. The van der Waals surface area contributed by atoms with Gasteiger partial charge in [0.15, 0.2) is 0 Å². The first kappa shape index (κ1) is 30.6. The topological polar surface area (TPSA) is 86.8 Å². The van der Waals surface area contributed by atoms with E-state index in [-0.39, 0.29) is 23.4 Å². The number of anilines is 1. The van der Waals surface area contributed by atoms with Gasteiger partial charge in [0.1, 0.15) is 12.6 Å². The Bertz CT molecular complexity index is 1440. The Morgan fingerprint density at radius 2 is 1.56 bits per heavy atom. The van der Waals surface area contributed by atoms with Crippen LogP contribution in [0.5, 0.6) is 0 Å². The summed E-state index contributed by atoms with van der Waals surface area (Å²) in [5, 5.41) is 3.63. The van der Waals surface area contributed by atoms with Gasteiger partial charge in [-0.25, -0.2) is 8.42 Å². The second-order valence-electron chi connectivity index (χ2n) is 10.5. The Morgan fingerprint density at radius 3 is 2.22 bits per heavy atom. The number of nitrogens with zero attached hydrogens (tertiary/aromatic N) is 2. The first-order chi connectivity index (χ1) is 19.7. The van der Waals surface area contributed by atoms with Crippen LogP contribution < -0.4 is 9.62 Å². The number of nitrogens with one attached hydrogen (secondary N) is 1. The summed E-state index contributed by atoms with van der Waals surface area (Å²) in [7, 11) is -4.10. The lowest BCUT2D eigenvalue weighted by Crippen LogP contribution is -2.54. The number of rotatable bonds is 11. The van der Waals surface area contributed by atoms with Gasteiger partial charge in [-0.3, -0.25) is 13.9 Å². The van der Waals surface area contributed by atoms with E-state index in [1.165, 1.54) is 17.0 Å². The van der Waals surface area contributed by atoms with Crippen LogP contribution in [0, 0.1) is 6.92 Å². The molecule has 7 nitrogen and oxygen atoms in total. The molecule has 0 bridgehead atoms. The third-order valence-corrected chi connectivity index (χ3v) is 9.77. The zero-order valence-electron chi connectivity index (χ0n) is 23.6. The summed E-state index contributed by atoms with van der Waals surface area (Å²) in [6.07, 6.45) is 5.48. The van der Waals surface area contributed by atoms with Crippen LogP contribution in [-0.2, 0) is 26.2 Å². The van der Waals surface area contributed by atoms with Gasteiger partial charge in [0.2, 0.25) is 11.8 Å². The molecule has 41 heavy (non-hydrogen) atoms. The van der Waals surface area contributed by atoms with Crippen molar-refractivity contribution in [2.45, 2.75) is 75.9 Å². The largest absolute Gasteiger partial charge is 0.352 e. The number of aryl methyl sites for hydroxylation is 1. The highest BCUT2D eigenvalue weighted by Crippen LogP contribution is 2.28. The van der Waals surface area contributed by atoms with Crippen LogP contribution in [0.15, 0.2) is 83.8 Å². The summed E-state index contributed by atoms with van der Waals surface area (Å²) >= 11 is 6.49. The van der Waals surface area contributed by atoms with E-state index in [9.17, 15) is 18.0 Å². The molecule has 1 saturated carbocycles. The Labute approximate surface area is 248 Å². The number of para-hydroxylation sites is 1. The normalized spacial score (nSPS) is 14.7. The predicted molar refractivity (Wildman–Crippen MR) is 163 cm³/mol. The van der Waals surface area contributed by atoms with Crippen molar-refractivity contribution < 1.29 is 18.0 Å². The van der Waals surface area contributed by atoms with Crippen LogP contribution in [0.1, 0.15) is 56.6 Å². The molecule has 0 heterocycles. The van der Waals surface area contributed by atoms with Gasteiger partial charge in [-0.2, -0.15) is 0 Å². The molecule has 1 N–H and O–H groups in total. The average Bonchev–Trinajstić information content (AvgIpc) is 2.98. The average molecular weight is 596 g/mol. The zero-order chi connectivity index (χ0) is 29.4. The van der Waals surface area contributed by atoms with Crippen molar-refractivity contribution in [3.8, 4) is 0 Å². The van der Waals surface area contributed by atoms with Gasteiger partial charge in [0, 0.05) is 17.6 Å². The summed E-state index contributed by atoms with van der Waals surface area (Å²) in [5.74, 6) is -0.716. The van der Waals surface area contributed by atoms with Gasteiger partial charge >= 0.3 is 0 Å². The van der Waals surface area contributed by atoms with Gasteiger partial charge in [0.25, 0.3) is 10.0 Å². The highest BCUT2D eigenvalue weighted by molar-refractivity contribution is 7.92. The molecule has 4 rings (SSSR count). The van der Waals surface area contributed by atoms with E-state index >= 15 is 0 Å². The van der Waals surface area contributed by atoms with E-state index in [1.54, 1.807) is 55.5 Å². The minimum Gasteiger partial charge on any atom is -0.352 e. The fraction of sp³-hybridized carbons (Fsp3) is 0.375. The lowest BCUT2D eigenvalue weighted by Gasteiger charge is -2.35. The summed E-state index contributed by atoms with van der Waals surface area (Å²) in [6, 6.07) is 21.6. The predicted octanol–water partition coefficient (Wildman–Crippen LogP) is 6.10. The van der Waals surface area contributed by atoms with Gasteiger partial charge in [0.05, 0.1) is 10.6 Å². The third kappa shape index (κ3) is 7.49. The molecule has 0 saturated heterocycles. The molecule has 0 aromatic heterocycles. The Kier molecular flexibility index (Phi) is 10.5. The number of carbonyl (C=O) groups excluding carboxylic acids is 2. The Morgan fingerprint density at radius 1 is 0.927 bits per heavy atom. The monoisotopic (exact) mass is 595 g/mol.